The highest BCUT2D eigenvalue weighted by atomic mass is 16.3. The van der Waals surface area contributed by atoms with E-state index >= 15 is 0 Å². The molecule has 2 N–H and O–H groups in total. The minimum atomic E-state index is -0.723. The monoisotopic (exact) mass is 347 g/mol. The van der Waals surface area contributed by atoms with Crippen LogP contribution in [-0.4, -0.2) is 21.1 Å². The minimum absolute atomic E-state index is 0.443. The second-order valence-electron chi connectivity index (χ2n) is 7.41. The summed E-state index contributed by atoms with van der Waals surface area (Å²) in [5.41, 5.74) is 3.59. The topological polar surface area (TPSA) is 58.0 Å². The number of hydrogen-bond donors (Lipinski definition) is 2. The van der Waals surface area contributed by atoms with Crippen LogP contribution in [0.5, 0.6) is 0 Å². The van der Waals surface area contributed by atoms with Crippen LogP contribution in [0.2, 0.25) is 0 Å². The molecule has 26 heavy (non-hydrogen) atoms. The molecule has 0 amide bonds. The van der Waals surface area contributed by atoms with E-state index in [1.165, 1.54) is 10.9 Å². The molecule has 1 saturated carbocycles. The van der Waals surface area contributed by atoms with Gasteiger partial charge in [-0.15, -0.1) is 0 Å². The Morgan fingerprint density at radius 3 is 2.77 bits per heavy atom. The van der Waals surface area contributed by atoms with Gasteiger partial charge in [0, 0.05) is 41.6 Å². The molecule has 134 valence electrons. The first kappa shape index (κ1) is 17.1. The molecule has 0 spiro atoms. The van der Waals surface area contributed by atoms with Gasteiger partial charge in [-0.05, 0) is 62.4 Å². The maximum Gasteiger partial charge on any atom is 0.0912 e. The zero-order chi connectivity index (χ0) is 18.0. The quantitative estimate of drug-likeness (QED) is 0.752. The lowest BCUT2D eigenvalue weighted by molar-refractivity contribution is -0.00875. The first-order valence-electron chi connectivity index (χ1n) is 9.35. The second kappa shape index (κ2) is 7.14. The van der Waals surface area contributed by atoms with Gasteiger partial charge in [0.15, 0.2) is 0 Å². The Hall–Kier alpha value is -2.30. The van der Waals surface area contributed by atoms with Crippen molar-refractivity contribution in [2.75, 3.05) is 0 Å². The number of hydrogen-bond acceptors (Lipinski definition) is 4. The summed E-state index contributed by atoms with van der Waals surface area (Å²) in [7, 11) is 0. The molecule has 2 aromatic heterocycles. The van der Waals surface area contributed by atoms with E-state index < -0.39 is 5.60 Å². The van der Waals surface area contributed by atoms with Crippen LogP contribution < -0.4 is 5.32 Å². The van der Waals surface area contributed by atoms with Crippen LogP contribution in [-0.2, 0) is 12.1 Å². The largest absolute Gasteiger partial charge is 0.385 e. The molecule has 3 aromatic rings. The summed E-state index contributed by atoms with van der Waals surface area (Å²) in [5.74, 6) is 0. The fraction of sp³-hybridized carbons (Fsp3) is 0.364. The highest BCUT2D eigenvalue weighted by Crippen LogP contribution is 2.36. The van der Waals surface area contributed by atoms with Crippen molar-refractivity contribution in [3.8, 4) is 0 Å². The number of pyridine rings is 2. The van der Waals surface area contributed by atoms with Gasteiger partial charge in [-0.1, -0.05) is 18.2 Å². The van der Waals surface area contributed by atoms with Gasteiger partial charge in [-0.3, -0.25) is 9.97 Å². The molecule has 0 aliphatic heterocycles. The predicted octanol–water partition coefficient (Wildman–Crippen LogP) is 3.86. The fourth-order valence-corrected chi connectivity index (χ4v) is 3.88. The van der Waals surface area contributed by atoms with Crippen LogP contribution in [0.25, 0.3) is 10.9 Å². The summed E-state index contributed by atoms with van der Waals surface area (Å²) in [4.78, 5) is 8.71. The Morgan fingerprint density at radius 1 is 1.15 bits per heavy atom. The highest BCUT2D eigenvalue weighted by Gasteiger charge is 2.34. The third kappa shape index (κ3) is 3.62. The number of aryl methyl sites for hydroxylation is 1. The van der Waals surface area contributed by atoms with Gasteiger partial charge >= 0.3 is 0 Å². The Morgan fingerprint density at radius 2 is 2.00 bits per heavy atom. The number of fused-ring (bicyclic) bond motifs is 1. The predicted molar refractivity (Wildman–Crippen MR) is 104 cm³/mol. The van der Waals surface area contributed by atoms with Crippen molar-refractivity contribution in [2.24, 2.45) is 0 Å². The van der Waals surface area contributed by atoms with E-state index in [-0.39, 0.29) is 0 Å². The minimum Gasteiger partial charge on any atom is -0.385 e. The molecule has 0 saturated heterocycles. The summed E-state index contributed by atoms with van der Waals surface area (Å²) in [6.07, 6.45) is 7.03. The van der Waals surface area contributed by atoms with E-state index in [4.69, 9.17) is 0 Å². The smallest absolute Gasteiger partial charge is 0.0912 e. The van der Waals surface area contributed by atoms with E-state index in [9.17, 15) is 5.11 Å². The fourth-order valence-electron chi connectivity index (χ4n) is 3.88. The molecule has 1 aliphatic rings. The maximum atomic E-state index is 10.9. The van der Waals surface area contributed by atoms with Crippen molar-refractivity contribution in [3.05, 3.63) is 71.7 Å². The third-order valence-electron chi connectivity index (χ3n) is 5.50. The van der Waals surface area contributed by atoms with Crippen molar-refractivity contribution >= 4 is 10.9 Å². The van der Waals surface area contributed by atoms with Crippen molar-refractivity contribution in [3.63, 3.8) is 0 Å². The Kier molecular flexibility index (Phi) is 4.70. The van der Waals surface area contributed by atoms with Crippen molar-refractivity contribution in [1.29, 1.82) is 0 Å². The molecule has 4 nitrogen and oxygen atoms in total. The average Bonchev–Trinajstić information content (AvgIpc) is 2.68. The van der Waals surface area contributed by atoms with Gasteiger partial charge in [0.25, 0.3) is 0 Å². The standard InChI is InChI=1S/C22H25N3O/c1-16-4-6-18-13-17(5-7-21(18)25-16)14-24-20-8-10-22(26,11-9-20)19-3-2-12-23-15-19/h2-7,12-13,15,20,24,26H,8-11,14H2,1H3. The van der Waals surface area contributed by atoms with Crippen LogP contribution in [0.4, 0.5) is 0 Å². The molecule has 0 atom stereocenters. The molecule has 0 bridgehead atoms. The number of nitrogens with one attached hydrogen (secondary N) is 1. The first-order valence-corrected chi connectivity index (χ1v) is 9.35. The number of rotatable bonds is 4. The number of benzene rings is 1. The maximum absolute atomic E-state index is 10.9. The number of nitrogens with zero attached hydrogens (tertiary/aromatic N) is 2. The summed E-state index contributed by atoms with van der Waals surface area (Å²) in [5, 5.41) is 15.8. The first-order chi connectivity index (χ1) is 12.6. The van der Waals surface area contributed by atoms with Gasteiger partial charge < -0.3 is 10.4 Å². The van der Waals surface area contributed by atoms with Crippen molar-refractivity contribution in [2.45, 2.75) is 50.8 Å². The molecule has 4 heteroatoms. The Labute approximate surface area is 154 Å². The summed E-state index contributed by atoms with van der Waals surface area (Å²) >= 11 is 0. The highest BCUT2D eigenvalue weighted by molar-refractivity contribution is 5.79. The van der Waals surface area contributed by atoms with E-state index in [2.05, 4.69) is 45.6 Å². The average molecular weight is 347 g/mol. The van der Waals surface area contributed by atoms with Gasteiger partial charge in [0.05, 0.1) is 11.1 Å². The SMILES string of the molecule is Cc1ccc2cc(CNC3CCC(O)(c4cccnc4)CC3)ccc2n1. The number of aromatic nitrogens is 2. The van der Waals surface area contributed by atoms with E-state index in [1.54, 1.807) is 12.4 Å². The van der Waals surface area contributed by atoms with Gasteiger partial charge in [-0.25, -0.2) is 0 Å². The Balaban J connectivity index is 1.36. The molecule has 4 rings (SSSR count). The molecule has 2 heterocycles. The molecule has 1 aliphatic carbocycles. The van der Waals surface area contributed by atoms with Gasteiger partial charge in [0.1, 0.15) is 0 Å². The lowest BCUT2D eigenvalue weighted by Crippen LogP contribution is -2.39. The molecule has 0 radical (unpaired) electrons. The normalized spacial score (nSPS) is 23.2. The van der Waals surface area contributed by atoms with E-state index in [1.807, 2.05) is 19.1 Å². The van der Waals surface area contributed by atoms with Gasteiger partial charge in [-0.2, -0.15) is 0 Å². The van der Waals surface area contributed by atoms with Crippen molar-refractivity contribution < 1.29 is 5.11 Å². The summed E-state index contributed by atoms with van der Waals surface area (Å²) in [6, 6.07) is 15.0. The van der Waals surface area contributed by atoms with Crippen LogP contribution in [0, 0.1) is 6.92 Å². The van der Waals surface area contributed by atoms with Crippen LogP contribution >= 0.6 is 0 Å². The van der Waals surface area contributed by atoms with Crippen LogP contribution in [0.1, 0.15) is 42.5 Å². The molecular formula is C22H25N3O. The van der Waals surface area contributed by atoms with Crippen LogP contribution in [0.3, 0.4) is 0 Å². The molecular weight excluding hydrogens is 322 g/mol. The molecule has 1 fully saturated rings. The van der Waals surface area contributed by atoms with E-state index in [0.717, 1.165) is 49.0 Å². The number of aliphatic hydroxyl groups is 1. The molecule has 0 unspecified atom stereocenters. The Bertz CT molecular complexity index is 886. The van der Waals surface area contributed by atoms with Gasteiger partial charge in [0.2, 0.25) is 0 Å². The zero-order valence-corrected chi connectivity index (χ0v) is 15.2. The zero-order valence-electron chi connectivity index (χ0n) is 15.2. The van der Waals surface area contributed by atoms with Crippen molar-refractivity contribution in [1.82, 2.24) is 15.3 Å². The molecule has 1 aromatic carbocycles. The van der Waals surface area contributed by atoms with Crippen LogP contribution in [0.15, 0.2) is 54.9 Å². The lowest BCUT2D eigenvalue weighted by atomic mass is 9.78. The summed E-state index contributed by atoms with van der Waals surface area (Å²) < 4.78 is 0. The third-order valence-corrected chi connectivity index (χ3v) is 5.50. The summed E-state index contributed by atoms with van der Waals surface area (Å²) in [6.45, 7) is 2.87. The second-order valence-corrected chi connectivity index (χ2v) is 7.41. The lowest BCUT2D eigenvalue weighted by Gasteiger charge is -2.36. The van der Waals surface area contributed by atoms with E-state index in [0.29, 0.717) is 6.04 Å².